The molecule has 1 aromatic heterocycles. The number of aryl methyl sites for hydroxylation is 1. The van der Waals surface area contributed by atoms with E-state index in [9.17, 15) is 0 Å². The SMILES string of the molecule is CCc1ccccc1Cn1cccn1. The fourth-order valence-electron chi connectivity index (χ4n) is 1.63. The van der Waals surface area contributed by atoms with E-state index in [1.54, 1.807) is 0 Å². The van der Waals surface area contributed by atoms with Crippen LogP contribution in [0, 0.1) is 0 Å². The predicted octanol–water partition coefficient (Wildman–Crippen LogP) is 2.49. The number of aromatic nitrogens is 2. The third kappa shape index (κ3) is 1.84. The predicted molar refractivity (Wildman–Crippen MR) is 57.1 cm³/mol. The van der Waals surface area contributed by atoms with Crippen molar-refractivity contribution in [3.63, 3.8) is 0 Å². The first-order valence-corrected chi connectivity index (χ1v) is 4.94. The van der Waals surface area contributed by atoms with Gasteiger partial charge in [-0.2, -0.15) is 5.10 Å². The Morgan fingerprint density at radius 3 is 2.57 bits per heavy atom. The van der Waals surface area contributed by atoms with Gasteiger partial charge in [0.25, 0.3) is 0 Å². The van der Waals surface area contributed by atoms with Crippen LogP contribution in [0.3, 0.4) is 0 Å². The van der Waals surface area contributed by atoms with E-state index >= 15 is 0 Å². The molecule has 0 saturated carbocycles. The summed E-state index contributed by atoms with van der Waals surface area (Å²) >= 11 is 0. The van der Waals surface area contributed by atoms with E-state index in [0.29, 0.717) is 0 Å². The van der Waals surface area contributed by atoms with Crippen LogP contribution in [0.4, 0.5) is 0 Å². The summed E-state index contributed by atoms with van der Waals surface area (Å²) in [4.78, 5) is 0. The van der Waals surface area contributed by atoms with Crippen LogP contribution in [0.25, 0.3) is 0 Å². The highest BCUT2D eigenvalue weighted by Crippen LogP contribution is 2.10. The summed E-state index contributed by atoms with van der Waals surface area (Å²) in [7, 11) is 0. The minimum Gasteiger partial charge on any atom is -0.268 e. The molecule has 0 atom stereocenters. The van der Waals surface area contributed by atoms with Crippen molar-refractivity contribution in [3.8, 4) is 0 Å². The molecule has 72 valence electrons. The molecule has 2 rings (SSSR count). The van der Waals surface area contributed by atoms with Gasteiger partial charge < -0.3 is 0 Å². The fourth-order valence-corrected chi connectivity index (χ4v) is 1.63. The summed E-state index contributed by atoms with van der Waals surface area (Å²) in [5.41, 5.74) is 2.77. The number of hydrogen-bond acceptors (Lipinski definition) is 1. The largest absolute Gasteiger partial charge is 0.268 e. The van der Waals surface area contributed by atoms with Crippen LogP contribution in [0.15, 0.2) is 42.7 Å². The molecule has 0 radical (unpaired) electrons. The number of benzene rings is 1. The van der Waals surface area contributed by atoms with Crippen LogP contribution >= 0.6 is 0 Å². The van der Waals surface area contributed by atoms with Gasteiger partial charge in [-0.3, -0.25) is 4.68 Å². The Morgan fingerprint density at radius 1 is 1.14 bits per heavy atom. The minimum absolute atomic E-state index is 0.872. The van der Waals surface area contributed by atoms with Crippen molar-refractivity contribution in [3.05, 3.63) is 53.9 Å². The van der Waals surface area contributed by atoms with Gasteiger partial charge in [0.1, 0.15) is 0 Å². The van der Waals surface area contributed by atoms with Crippen LogP contribution in [0.1, 0.15) is 18.1 Å². The van der Waals surface area contributed by atoms with Crippen molar-refractivity contribution in [1.29, 1.82) is 0 Å². The molecule has 2 nitrogen and oxygen atoms in total. The van der Waals surface area contributed by atoms with E-state index in [1.807, 2.05) is 23.1 Å². The number of rotatable bonds is 3. The van der Waals surface area contributed by atoms with Gasteiger partial charge in [-0.25, -0.2) is 0 Å². The fraction of sp³-hybridized carbons (Fsp3) is 0.250. The molecule has 0 fully saturated rings. The van der Waals surface area contributed by atoms with Gasteiger partial charge in [0.15, 0.2) is 0 Å². The zero-order chi connectivity index (χ0) is 9.80. The van der Waals surface area contributed by atoms with Gasteiger partial charge in [0.05, 0.1) is 6.54 Å². The van der Waals surface area contributed by atoms with Crippen LogP contribution in [0.2, 0.25) is 0 Å². The summed E-state index contributed by atoms with van der Waals surface area (Å²) in [5.74, 6) is 0. The molecule has 1 heterocycles. The molecule has 0 saturated heterocycles. The lowest BCUT2D eigenvalue weighted by atomic mass is 10.1. The van der Waals surface area contributed by atoms with E-state index in [0.717, 1.165) is 13.0 Å². The maximum atomic E-state index is 4.20. The molecule has 2 heteroatoms. The van der Waals surface area contributed by atoms with Crippen molar-refractivity contribution >= 4 is 0 Å². The maximum absolute atomic E-state index is 4.20. The van der Waals surface area contributed by atoms with E-state index < -0.39 is 0 Å². The second-order valence-corrected chi connectivity index (χ2v) is 3.33. The van der Waals surface area contributed by atoms with Gasteiger partial charge in [-0.15, -0.1) is 0 Å². The quantitative estimate of drug-likeness (QED) is 0.720. The Kier molecular flexibility index (Phi) is 2.63. The van der Waals surface area contributed by atoms with E-state index in [4.69, 9.17) is 0 Å². The zero-order valence-corrected chi connectivity index (χ0v) is 8.35. The average Bonchev–Trinajstić information content (AvgIpc) is 2.71. The first-order chi connectivity index (χ1) is 6.90. The molecule has 0 aliphatic heterocycles. The van der Waals surface area contributed by atoms with Crippen molar-refractivity contribution in [2.45, 2.75) is 19.9 Å². The minimum atomic E-state index is 0.872. The Labute approximate surface area is 84.2 Å². The first kappa shape index (κ1) is 9.00. The molecule has 0 aliphatic carbocycles. The van der Waals surface area contributed by atoms with Crippen LogP contribution in [-0.4, -0.2) is 9.78 Å². The maximum Gasteiger partial charge on any atom is 0.0662 e. The first-order valence-electron chi connectivity index (χ1n) is 4.94. The molecular weight excluding hydrogens is 172 g/mol. The Hall–Kier alpha value is -1.57. The molecule has 0 amide bonds. The molecule has 2 aromatic rings. The summed E-state index contributed by atoms with van der Waals surface area (Å²) in [6.07, 6.45) is 4.89. The van der Waals surface area contributed by atoms with Gasteiger partial charge >= 0.3 is 0 Å². The third-order valence-corrected chi connectivity index (χ3v) is 2.39. The van der Waals surface area contributed by atoms with Crippen molar-refractivity contribution in [2.24, 2.45) is 0 Å². The summed E-state index contributed by atoms with van der Waals surface area (Å²) in [6, 6.07) is 10.5. The molecule has 0 aliphatic rings. The summed E-state index contributed by atoms with van der Waals surface area (Å²) in [6.45, 7) is 3.05. The second kappa shape index (κ2) is 4.09. The topological polar surface area (TPSA) is 17.8 Å². The Morgan fingerprint density at radius 2 is 1.93 bits per heavy atom. The smallest absolute Gasteiger partial charge is 0.0662 e. The Bertz CT molecular complexity index is 390. The van der Waals surface area contributed by atoms with E-state index in [1.165, 1.54) is 11.1 Å². The highest BCUT2D eigenvalue weighted by molar-refractivity contribution is 5.27. The zero-order valence-electron chi connectivity index (χ0n) is 8.35. The molecule has 0 bridgehead atoms. The van der Waals surface area contributed by atoms with Gasteiger partial charge in [0.2, 0.25) is 0 Å². The van der Waals surface area contributed by atoms with Crippen LogP contribution < -0.4 is 0 Å². The molecule has 1 aromatic carbocycles. The number of hydrogen-bond donors (Lipinski definition) is 0. The van der Waals surface area contributed by atoms with E-state index in [2.05, 4.69) is 36.3 Å². The molecular formula is C12H14N2. The Balaban J connectivity index is 2.24. The molecule has 0 unspecified atom stereocenters. The standard InChI is InChI=1S/C12H14N2/c1-2-11-6-3-4-7-12(11)10-14-9-5-8-13-14/h3-9H,2,10H2,1H3. The van der Waals surface area contributed by atoms with Crippen LogP contribution in [-0.2, 0) is 13.0 Å². The van der Waals surface area contributed by atoms with Gasteiger partial charge in [-0.1, -0.05) is 31.2 Å². The molecule has 0 spiro atoms. The third-order valence-electron chi connectivity index (χ3n) is 2.39. The van der Waals surface area contributed by atoms with Crippen LogP contribution in [0.5, 0.6) is 0 Å². The lowest BCUT2D eigenvalue weighted by molar-refractivity contribution is 0.682. The summed E-state index contributed by atoms with van der Waals surface area (Å²) < 4.78 is 1.95. The average molecular weight is 186 g/mol. The highest BCUT2D eigenvalue weighted by Gasteiger charge is 1.99. The normalized spacial score (nSPS) is 10.4. The molecule has 0 N–H and O–H groups in total. The summed E-state index contributed by atoms with van der Waals surface area (Å²) in [5, 5.41) is 4.20. The van der Waals surface area contributed by atoms with Crippen molar-refractivity contribution in [2.75, 3.05) is 0 Å². The van der Waals surface area contributed by atoms with E-state index in [-0.39, 0.29) is 0 Å². The second-order valence-electron chi connectivity index (χ2n) is 3.33. The van der Waals surface area contributed by atoms with Gasteiger partial charge in [0, 0.05) is 12.4 Å². The monoisotopic (exact) mass is 186 g/mol. The van der Waals surface area contributed by atoms with Crippen molar-refractivity contribution < 1.29 is 0 Å². The highest BCUT2D eigenvalue weighted by atomic mass is 15.3. The van der Waals surface area contributed by atoms with Gasteiger partial charge in [-0.05, 0) is 23.6 Å². The number of nitrogens with zero attached hydrogens (tertiary/aromatic N) is 2. The lowest BCUT2D eigenvalue weighted by Crippen LogP contribution is -2.02. The lowest BCUT2D eigenvalue weighted by Gasteiger charge is -2.07. The van der Waals surface area contributed by atoms with Crippen molar-refractivity contribution in [1.82, 2.24) is 9.78 Å². The molecule has 14 heavy (non-hydrogen) atoms.